The molecule has 0 bridgehead atoms. The largest absolute Gasteiger partial charge is 0.497 e. The molecule has 1 aliphatic rings. The average molecular weight is 459 g/mol. The highest BCUT2D eigenvalue weighted by Gasteiger charge is 2.21. The number of imidazole rings is 1. The molecule has 1 N–H and O–H groups in total. The average Bonchev–Trinajstić information content (AvgIpc) is 3.25. The van der Waals surface area contributed by atoms with E-state index < -0.39 is 0 Å². The Bertz CT molecular complexity index is 1360. The van der Waals surface area contributed by atoms with Crippen molar-refractivity contribution in [1.82, 2.24) is 9.55 Å². The molecule has 174 valence electrons. The van der Waals surface area contributed by atoms with Gasteiger partial charge in [0.05, 0.1) is 38.9 Å². The second-order valence-corrected chi connectivity index (χ2v) is 8.03. The van der Waals surface area contributed by atoms with Crippen LogP contribution in [0.2, 0.25) is 0 Å². The van der Waals surface area contributed by atoms with Gasteiger partial charge in [0.15, 0.2) is 11.5 Å². The lowest BCUT2D eigenvalue weighted by Crippen LogP contribution is -2.33. The Labute approximate surface area is 197 Å². The minimum absolute atomic E-state index is 0.228. The first-order chi connectivity index (χ1) is 16.6. The van der Waals surface area contributed by atoms with Crippen LogP contribution < -0.4 is 24.4 Å². The molecule has 1 amide bonds. The Hall–Kier alpha value is -4.20. The second kappa shape index (κ2) is 8.97. The number of ether oxygens (including phenoxy) is 3. The smallest absolute Gasteiger partial charge is 0.255 e. The molecular weight excluding hydrogens is 432 g/mol. The van der Waals surface area contributed by atoms with Gasteiger partial charge in [-0.05, 0) is 48.5 Å². The van der Waals surface area contributed by atoms with E-state index in [1.54, 1.807) is 39.5 Å². The van der Waals surface area contributed by atoms with Crippen LogP contribution in [0.4, 0.5) is 11.4 Å². The molecule has 3 aromatic carbocycles. The molecule has 4 aromatic rings. The molecule has 0 radical (unpaired) electrons. The van der Waals surface area contributed by atoms with Crippen molar-refractivity contribution in [3.05, 3.63) is 72.1 Å². The Balaban J connectivity index is 1.36. The van der Waals surface area contributed by atoms with Gasteiger partial charge in [-0.25, -0.2) is 4.98 Å². The van der Waals surface area contributed by atoms with E-state index in [0.29, 0.717) is 29.3 Å². The topological polar surface area (TPSA) is 77.9 Å². The van der Waals surface area contributed by atoms with Crippen LogP contribution in [0.1, 0.15) is 16.2 Å². The number of hydrogen-bond acceptors (Lipinski definition) is 6. The summed E-state index contributed by atoms with van der Waals surface area (Å²) in [5.74, 6) is 2.69. The number of fused-ring (bicyclic) bond motifs is 3. The van der Waals surface area contributed by atoms with E-state index in [4.69, 9.17) is 19.2 Å². The van der Waals surface area contributed by atoms with Crippen molar-refractivity contribution in [2.45, 2.75) is 13.1 Å². The van der Waals surface area contributed by atoms with Gasteiger partial charge >= 0.3 is 0 Å². The number of methoxy groups -OCH3 is 3. The Morgan fingerprint density at radius 2 is 1.76 bits per heavy atom. The third-order valence-electron chi connectivity index (χ3n) is 6.08. The molecule has 0 aliphatic carbocycles. The molecule has 2 heterocycles. The molecule has 1 aromatic heterocycles. The fraction of sp³-hybridized carbons (Fsp3) is 0.231. The number of aromatic nitrogens is 2. The van der Waals surface area contributed by atoms with Crippen molar-refractivity contribution in [3.8, 4) is 17.2 Å². The molecule has 8 nitrogen and oxygen atoms in total. The minimum Gasteiger partial charge on any atom is -0.497 e. The van der Waals surface area contributed by atoms with Crippen molar-refractivity contribution in [2.75, 3.05) is 38.1 Å². The highest BCUT2D eigenvalue weighted by atomic mass is 16.5. The van der Waals surface area contributed by atoms with Crippen LogP contribution in [-0.4, -0.2) is 43.3 Å². The number of nitrogens with zero attached hydrogens (tertiary/aromatic N) is 3. The standard InChI is InChI=1S/C26H26N4O4/c1-32-20-6-4-5-19(15-20)29-11-12-30-22-9-8-18(14-21(22)28-25(30)16-29)27-26(31)17-7-10-23(33-2)24(13-17)34-3/h4-10,13-15H,11-12,16H2,1-3H3,(H,27,31). The number of hydrogen-bond donors (Lipinski definition) is 1. The lowest BCUT2D eigenvalue weighted by Gasteiger charge is -2.30. The van der Waals surface area contributed by atoms with Gasteiger partial charge in [0.25, 0.3) is 5.91 Å². The summed E-state index contributed by atoms with van der Waals surface area (Å²) in [6.07, 6.45) is 0. The van der Waals surface area contributed by atoms with Crippen LogP contribution in [0.25, 0.3) is 11.0 Å². The molecule has 34 heavy (non-hydrogen) atoms. The number of nitrogens with one attached hydrogen (secondary N) is 1. The van der Waals surface area contributed by atoms with Crippen molar-refractivity contribution in [3.63, 3.8) is 0 Å². The molecule has 0 fully saturated rings. The zero-order chi connectivity index (χ0) is 23.7. The number of carbonyl (C=O) groups is 1. The lowest BCUT2D eigenvalue weighted by molar-refractivity contribution is 0.102. The second-order valence-electron chi connectivity index (χ2n) is 8.03. The molecule has 0 saturated heterocycles. The minimum atomic E-state index is -0.228. The fourth-order valence-electron chi connectivity index (χ4n) is 4.31. The van der Waals surface area contributed by atoms with E-state index in [1.165, 1.54) is 0 Å². The molecule has 0 unspecified atom stereocenters. The molecule has 1 aliphatic heterocycles. The quantitative estimate of drug-likeness (QED) is 0.463. The Kier molecular flexibility index (Phi) is 5.71. The summed E-state index contributed by atoms with van der Waals surface area (Å²) in [4.78, 5) is 20.0. The van der Waals surface area contributed by atoms with Gasteiger partial charge in [0, 0.05) is 36.1 Å². The van der Waals surface area contributed by atoms with Gasteiger partial charge in [0.2, 0.25) is 0 Å². The van der Waals surface area contributed by atoms with Crippen molar-refractivity contribution in [1.29, 1.82) is 0 Å². The van der Waals surface area contributed by atoms with Crippen LogP contribution in [-0.2, 0) is 13.1 Å². The fourth-order valence-corrected chi connectivity index (χ4v) is 4.31. The molecule has 0 saturated carbocycles. The highest BCUT2D eigenvalue weighted by Crippen LogP contribution is 2.30. The number of anilines is 2. The molecular formula is C26H26N4O4. The summed E-state index contributed by atoms with van der Waals surface area (Å²) < 4.78 is 18.2. The summed E-state index contributed by atoms with van der Waals surface area (Å²) in [6.45, 7) is 2.42. The maximum atomic E-state index is 12.8. The number of rotatable bonds is 6. The molecule has 5 rings (SSSR count). The van der Waals surface area contributed by atoms with Gasteiger partial charge < -0.3 is 29.0 Å². The van der Waals surface area contributed by atoms with E-state index in [9.17, 15) is 4.79 Å². The van der Waals surface area contributed by atoms with E-state index in [-0.39, 0.29) is 5.91 Å². The summed E-state index contributed by atoms with van der Waals surface area (Å²) in [7, 11) is 4.78. The SMILES string of the molecule is COc1cccc(N2CCn3c(nc4cc(NC(=O)c5ccc(OC)c(OC)c5)ccc43)C2)c1. The van der Waals surface area contributed by atoms with Crippen LogP contribution in [0.5, 0.6) is 17.2 Å². The van der Waals surface area contributed by atoms with E-state index in [1.807, 2.05) is 36.4 Å². The zero-order valence-electron chi connectivity index (χ0n) is 19.4. The van der Waals surface area contributed by atoms with E-state index in [2.05, 4.69) is 20.9 Å². The van der Waals surface area contributed by atoms with Crippen LogP contribution in [0, 0.1) is 0 Å². The first-order valence-electron chi connectivity index (χ1n) is 11.0. The maximum absolute atomic E-state index is 12.8. The van der Waals surface area contributed by atoms with Crippen molar-refractivity contribution in [2.24, 2.45) is 0 Å². The van der Waals surface area contributed by atoms with Gasteiger partial charge in [-0.1, -0.05) is 6.07 Å². The third-order valence-corrected chi connectivity index (χ3v) is 6.08. The van der Waals surface area contributed by atoms with Crippen LogP contribution in [0.3, 0.4) is 0 Å². The van der Waals surface area contributed by atoms with Gasteiger partial charge in [0.1, 0.15) is 11.6 Å². The van der Waals surface area contributed by atoms with Gasteiger partial charge in [-0.15, -0.1) is 0 Å². The first kappa shape index (κ1) is 21.6. The number of benzene rings is 3. The Morgan fingerprint density at radius 1 is 0.912 bits per heavy atom. The normalized spacial score (nSPS) is 12.9. The van der Waals surface area contributed by atoms with E-state index in [0.717, 1.165) is 41.4 Å². The van der Waals surface area contributed by atoms with Gasteiger partial charge in [-0.2, -0.15) is 0 Å². The van der Waals surface area contributed by atoms with Gasteiger partial charge in [-0.3, -0.25) is 4.79 Å². The summed E-state index contributed by atoms with van der Waals surface area (Å²) in [5, 5.41) is 2.96. The molecule has 0 atom stereocenters. The molecule has 0 spiro atoms. The zero-order valence-corrected chi connectivity index (χ0v) is 19.4. The lowest BCUT2D eigenvalue weighted by atomic mass is 10.1. The first-order valence-corrected chi connectivity index (χ1v) is 11.0. The van der Waals surface area contributed by atoms with Crippen LogP contribution in [0.15, 0.2) is 60.7 Å². The van der Waals surface area contributed by atoms with E-state index >= 15 is 0 Å². The predicted octanol–water partition coefficient (Wildman–Crippen LogP) is 4.33. The van der Waals surface area contributed by atoms with Crippen LogP contribution >= 0.6 is 0 Å². The monoisotopic (exact) mass is 458 g/mol. The molecule has 8 heteroatoms. The van der Waals surface area contributed by atoms with Crippen molar-refractivity contribution >= 4 is 28.3 Å². The third kappa shape index (κ3) is 3.98. The highest BCUT2D eigenvalue weighted by molar-refractivity contribution is 6.05. The summed E-state index contributed by atoms with van der Waals surface area (Å²) >= 11 is 0. The predicted molar refractivity (Wildman–Crippen MR) is 131 cm³/mol. The Morgan fingerprint density at radius 3 is 2.56 bits per heavy atom. The number of amides is 1. The van der Waals surface area contributed by atoms with Crippen molar-refractivity contribution < 1.29 is 19.0 Å². The summed E-state index contributed by atoms with van der Waals surface area (Å²) in [5.41, 5.74) is 4.20. The summed E-state index contributed by atoms with van der Waals surface area (Å²) in [6, 6.07) is 19.0. The number of carbonyl (C=O) groups excluding carboxylic acids is 1. The maximum Gasteiger partial charge on any atom is 0.255 e.